The normalized spacial score (nSPS) is 17.2. The second-order valence-electron chi connectivity index (χ2n) is 6.17. The molecule has 0 unspecified atom stereocenters. The van der Waals surface area contributed by atoms with Crippen LogP contribution in [-0.4, -0.2) is 51.6 Å². The molecule has 2 aromatic carbocycles. The highest BCUT2D eigenvalue weighted by Crippen LogP contribution is 2.21. The van der Waals surface area contributed by atoms with Crippen molar-refractivity contribution in [3.05, 3.63) is 71.1 Å². The van der Waals surface area contributed by atoms with Gasteiger partial charge in [0.1, 0.15) is 11.6 Å². The van der Waals surface area contributed by atoms with Crippen molar-refractivity contribution in [1.82, 2.24) is 8.61 Å². The van der Waals surface area contributed by atoms with Crippen molar-refractivity contribution >= 4 is 26.1 Å². The third kappa shape index (κ3) is 4.64. The van der Waals surface area contributed by atoms with Gasteiger partial charge in [0, 0.05) is 37.7 Å². The first-order valence-electron chi connectivity index (χ1n) is 8.38. The predicted molar refractivity (Wildman–Crippen MR) is 101 cm³/mol. The van der Waals surface area contributed by atoms with Crippen molar-refractivity contribution in [2.75, 3.05) is 26.2 Å². The van der Waals surface area contributed by atoms with E-state index in [0.29, 0.717) is 6.07 Å². The van der Waals surface area contributed by atoms with E-state index >= 15 is 0 Å². The smallest absolute Gasteiger partial charge is 0.208 e. The molecule has 0 radical (unpaired) electrons. The van der Waals surface area contributed by atoms with Crippen molar-refractivity contribution in [2.24, 2.45) is 0 Å². The van der Waals surface area contributed by atoms with E-state index in [9.17, 15) is 25.6 Å². The summed E-state index contributed by atoms with van der Waals surface area (Å²) in [6.07, 6.45) is 1.47. The Labute approximate surface area is 162 Å². The quantitative estimate of drug-likeness (QED) is 0.732. The van der Waals surface area contributed by atoms with E-state index in [1.54, 1.807) is 24.3 Å². The SMILES string of the molecule is O=S(=O)(/C=C/c1ccccc1)N1CCN(S(=O)(=O)c2cc(F)cc(F)c2)CC1. The maximum atomic E-state index is 13.4. The van der Waals surface area contributed by atoms with Gasteiger partial charge in [-0.1, -0.05) is 30.3 Å². The lowest BCUT2D eigenvalue weighted by molar-refractivity contribution is 0.274. The molecule has 1 fully saturated rings. The van der Waals surface area contributed by atoms with Gasteiger partial charge < -0.3 is 0 Å². The fourth-order valence-corrected chi connectivity index (χ4v) is 5.44. The first-order valence-corrected chi connectivity index (χ1v) is 11.3. The van der Waals surface area contributed by atoms with Crippen LogP contribution in [-0.2, 0) is 20.0 Å². The Balaban J connectivity index is 1.70. The van der Waals surface area contributed by atoms with Crippen molar-refractivity contribution in [3.8, 4) is 0 Å². The molecule has 6 nitrogen and oxygen atoms in total. The summed E-state index contributed by atoms with van der Waals surface area (Å²) in [6.45, 7) is -0.339. The highest BCUT2D eigenvalue weighted by atomic mass is 32.2. The van der Waals surface area contributed by atoms with Crippen LogP contribution in [0.2, 0.25) is 0 Å². The van der Waals surface area contributed by atoms with Gasteiger partial charge in [-0.2, -0.15) is 8.61 Å². The summed E-state index contributed by atoms with van der Waals surface area (Å²) in [7, 11) is -7.83. The number of nitrogens with zero attached hydrogens (tertiary/aromatic N) is 2. The number of halogens is 2. The summed E-state index contributed by atoms with van der Waals surface area (Å²) in [5, 5.41) is 1.08. The average Bonchev–Trinajstić information content (AvgIpc) is 2.67. The molecule has 0 atom stereocenters. The molecule has 2 aromatic rings. The highest BCUT2D eigenvalue weighted by Gasteiger charge is 2.32. The van der Waals surface area contributed by atoms with Crippen molar-refractivity contribution in [1.29, 1.82) is 0 Å². The molecule has 0 amide bonds. The van der Waals surface area contributed by atoms with Gasteiger partial charge >= 0.3 is 0 Å². The average molecular weight is 428 g/mol. The van der Waals surface area contributed by atoms with Crippen LogP contribution in [0.3, 0.4) is 0 Å². The van der Waals surface area contributed by atoms with E-state index in [1.807, 2.05) is 6.07 Å². The van der Waals surface area contributed by atoms with Gasteiger partial charge in [-0.05, 0) is 23.8 Å². The Morgan fingerprint density at radius 1 is 0.786 bits per heavy atom. The summed E-state index contributed by atoms with van der Waals surface area (Å²) in [5.41, 5.74) is 0.723. The molecule has 0 saturated carbocycles. The van der Waals surface area contributed by atoms with Crippen LogP contribution >= 0.6 is 0 Å². The van der Waals surface area contributed by atoms with Gasteiger partial charge in [-0.15, -0.1) is 0 Å². The minimum Gasteiger partial charge on any atom is -0.208 e. The number of sulfonamides is 2. The van der Waals surface area contributed by atoms with Gasteiger partial charge in [-0.25, -0.2) is 25.6 Å². The summed E-state index contributed by atoms with van der Waals surface area (Å²) in [6, 6.07) is 11.0. The third-order valence-electron chi connectivity index (χ3n) is 4.26. The molecule has 0 spiro atoms. The van der Waals surface area contributed by atoms with E-state index in [1.165, 1.54) is 10.4 Å². The third-order valence-corrected chi connectivity index (χ3v) is 7.70. The van der Waals surface area contributed by atoms with Gasteiger partial charge in [0.25, 0.3) is 0 Å². The Morgan fingerprint density at radius 3 is 1.89 bits per heavy atom. The molecule has 10 heteroatoms. The molecule has 1 aliphatic heterocycles. The van der Waals surface area contributed by atoms with Crippen LogP contribution < -0.4 is 0 Å². The molecule has 0 aliphatic carbocycles. The monoisotopic (exact) mass is 428 g/mol. The highest BCUT2D eigenvalue weighted by molar-refractivity contribution is 7.92. The Hall–Kier alpha value is -2.14. The number of hydrogen-bond donors (Lipinski definition) is 0. The summed E-state index contributed by atoms with van der Waals surface area (Å²) in [5.74, 6) is -1.99. The lowest BCUT2D eigenvalue weighted by atomic mass is 10.2. The zero-order valence-electron chi connectivity index (χ0n) is 14.7. The van der Waals surface area contributed by atoms with E-state index < -0.39 is 36.6 Å². The van der Waals surface area contributed by atoms with Gasteiger partial charge in [-0.3, -0.25) is 0 Å². The first kappa shape index (κ1) is 20.6. The molecule has 0 bridgehead atoms. The minimum atomic E-state index is -4.12. The van der Waals surface area contributed by atoms with E-state index in [2.05, 4.69) is 0 Å². The molecular weight excluding hydrogens is 410 g/mol. The second kappa shape index (κ2) is 8.08. The molecule has 1 aliphatic rings. The standard InChI is InChI=1S/C18H18F2N2O4S2/c19-16-12-17(20)14-18(13-16)28(25,26)22-9-7-21(8-10-22)27(23,24)11-6-15-4-2-1-3-5-15/h1-6,11-14H,7-10H2/b11-6+. The number of rotatable bonds is 5. The number of piperazine rings is 1. The first-order chi connectivity index (χ1) is 13.2. The van der Waals surface area contributed by atoms with E-state index in [0.717, 1.165) is 27.4 Å². The zero-order valence-corrected chi connectivity index (χ0v) is 16.3. The molecule has 1 heterocycles. The van der Waals surface area contributed by atoms with Crippen molar-refractivity contribution in [2.45, 2.75) is 4.90 Å². The van der Waals surface area contributed by atoms with Crippen molar-refractivity contribution < 1.29 is 25.6 Å². The summed E-state index contributed by atoms with van der Waals surface area (Å²) < 4.78 is 78.9. The van der Waals surface area contributed by atoms with Crippen LogP contribution in [0.5, 0.6) is 0 Å². The van der Waals surface area contributed by atoms with Crippen LogP contribution in [0.4, 0.5) is 8.78 Å². The van der Waals surface area contributed by atoms with Crippen LogP contribution in [0, 0.1) is 11.6 Å². The molecule has 1 saturated heterocycles. The summed E-state index contributed by atoms with van der Waals surface area (Å²) in [4.78, 5) is -0.495. The Bertz CT molecular complexity index is 1060. The lowest BCUT2D eigenvalue weighted by Gasteiger charge is -2.32. The fourth-order valence-electron chi connectivity index (χ4n) is 2.81. The predicted octanol–water partition coefficient (Wildman–Crippen LogP) is 2.27. The van der Waals surface area contributed by atoms with Gasteiger partial charge in [0.2, 0.25) is 20.0 Å². The maximum absolute atomic E-state index is 13.4. The molecule has 28 heavy (non-hydrogen) atoms. The van der Waals surface area contributed by atoms with Crippen molar-refractivity contribution in [3.63, 3.8) is 0 Å². The second-order valence-corrected chi connectivity index (χ2v) is 9.92. The van der Waals surface area contributed by atoms with E-state index in [4.69, 9.17) is 0 Å². The van der Waals surface area contributed by atoms with E-state index in [-0.39, 0.29) is 26.2 Å². The van der Waals surface area contributed by atoms with Gasteiger partial charge in [0.05, 0.1) is 4.90 Å². The molecule has 150 valence electrons. The van der Waals surface area contributed by atoms with Gasteiger partial charge in [0.15, 0.2) is 0 Å². The zero-order chi connectivity index (χ0) is 20.4. The topological polar surface area (TPSA) is 74.8 Å². The largest absolute Gasteiger partial charge is 0.243 e. The van der Waals surface area contributed by atoms with Crippen LogP contribution in [0.1, 0.15) is 5.56 Å². The molecule has 0 N–H and O–H groups in total. The van der Waals surface area contributed by atoms with Crippen LogP contribution in [0.25, 0.3) is 6.08 Å². The maximum Gasteiger partial charge on any atom is 0.243 e. The lowest BCUT2D eigenvalue weighted by Crippen LogP contribution is -2.49. The molecule has 3 rings (SSSR count). The molecule has 0 aromatic heterocycles. The molecular formula is C18H18F2N2O4S2. The minimum absolute atomic E-state index is 0.0571. The van der Waals surface area contributed by atoms with Crippen LogP contribution in [0.15, 0.2) is 58.8 Å². The Morgan fingerprint density at radius 2 is 1.32 bits per heavy atom. The summed E-state index contributed by atoms with van der Waals surface area (Å²) >= 11 is 0. The number of benzene rings is 2. The Kier molecular flexibility index (Phi) is 5.94. The number of hydrogen-bond acceptors (Lipinski definition) is 4. The fraction of sp³-hybridized carbons (Fsp3) is 0.222.